The molecule has 0 radical (unpaired) electrons. The van der Waals surface area contributed by atoms with Crippen LogP contribution in [-0.4, -0.2) is 15.3 Å². The van der Waals surface area contributed by atoms with Gasteiger partial charge in [0.1, 0.15) is 4.83 Å². The Morgan fingerprint density at radius 3 is 2.77 bits per heavy atom. The molecule has 0 saturated heterocycles. The predicted octanol–water partition coefficient (Wildman–Crippen LogP) is 6.99. The Bertz CT molecular complexity index is 1200. The van der Waals surface area contributed by atoms with Crippen LogP contribution in [0.25, 0.3) is 15.9 Å². The highest BCUT2D eigenvalue weighted by molar-refractivity contribution is 7.99. The van der Waals surface area contributed by atoms with Crippen molar-refractivity contribution in [3.8, 4) is 5.69 Å². The van der Waals surface area contributed by atoms with Crippen LogP contribution in [0.15, 0.2) is 28.2 Å². The highest BCUT2D eigenvalue weighted by Crippen LogP contribution is 2.39. The molecule has 1 unspecified atom stereocenters. The van der Waals surface area contributed by atoms with Crippen molar-refractivity contribution in [3.05, 3.63) is 49.6 Å². The van der Waals surface area contributed by atoms with Crippen LogP contribution in [0.4, 0.5) is 13.2 Å². The summed E-state index contributed by atoms with van der Waals surface area (Å²) in [5.74, 6) is 1.57. The zero-order chi connectivity index (χ0) is 22.5. The first-order valence-corrected chi connectivity index (χ1v) is 12.3. The Morgan fingerprint density at radius 2 is 2.10 bits per heavy atom. The third-order valence-electron chi connectivity index (χ3n) is 5.36. The Kier molecular flexibility index (Phi) is 6.18. The monoisotopic (exact) mass is 486 g/mol. The van der Waals surface area contributed by atoms with Gasteiger partial charge in [-0.05, 0) is 54.9 Å². The minimum Gasteiger partial charge on any atom is -0.268 e. The van der Waals surface area contributed by atoms with Gasteiger partial charge in [0.05, 0.1) is 21.7 Å². The van der Waals surface area contributed by atoms with E-state index in [2.05, 4.69) is 6.92 Å². The number of halogens is 4. The first-order chi connectivity index (χ1) is 14.6. The van der Waals surface area contributed by atoms with Crippen LogP contribution in [0.2, 0.25) is 5.02 Å². The molecule has 0 fully saturated rings. The molecule has 1 aliphatic carbocycles. The fraction of sp³-hybridized carbons (Fsp3) is 0.455. The van der Waals surface area contributed by atoms with Gasteiger partial charge in [0.2, 0.25) is 0 Å². The fourth-order valence-corrected chi connectivity index (χ4v) is 6.42. The Balaban J connectivity index is 1.97. The predicted molar refractivity (Wildman–Crippen MR) is 122 cm³/mol. The maximum absolute atomic E-state index is 13.7. The van der Waals surface area contributed by atoms with E-state index < -0.39 is 16.8 Å². The van der Waals surface area contributed by atoms with Crippen molar-refractivity contribution < 1.29 is 13.2 Å². The van der Waals surface area contributed by atoms with Crippen molar-refractivity contribution in [2.24, 2.45) is 11.8 Å². The molecule has 31 heavy (non-hydrogen) atoms. The first-order valence-electron chi connectivity index (χ1n) is 10.1. The second-order valence-electron chi connectivity index (χ2n) is 8.43. The largest absolute Gasteiger partial charge is 0.417 e. The quantitative estimate of drug-likeness (QED) is 0.294. The van der Waals surface area contributed by atoms with E-state index in [-0.39, 0.29) is 11.2 Å². The molecule has 2 aromatic heterocycles. The average Bonchev–Trinajstić information content (AvgIpc) is 3.03. The number of hydrogen-bond donors (Lipinski definition) is 0. The zero-order valence-corrected chi connectivity index (χ0v) is 19.7. The maximum atomic E-state index is 13.7. The summed E-state index contributed by atoms with van der Waals surface area (Å²) in [6.45, 7) is 6.28. The molecule has 3 aromatic rings. The Hall–Kier alpha value is -1.51. The minimum absolute atomic E-state index is 0.131. The third-order valence-corrected chi connectivity index (χ3v) is 8.20. The van der Waals surface area contributed by atoms with E-state index in [1.165, 1.54) is 33.3 Å². The van der Waals surface area contributed by atoms with Gasteiger partial charge in [-0.3, -0.25) is 9.36 Å². The summed E-state index contributed by atoms with van der Waals surface area (Å²) in [6, 6.07) is 3.59. The maximum Gasteiger partial charge on any atom is 0.417 e. The van der Waals surface area contributed by atoms with Crippen molar-refractivity contribution in [1.29, 1.82) is 0 Å². The summed E-state index contributed by atoms with van der Waals surface area (Å²) in [5.41, 5.74) is -0.125. The average molecular weight is 487 g/mol. The van der Waals surface area contributed by atoms with Crippen LogP contribution < -0.4 is 5.56 Å². The number of thiophene rings is 1. The molecule has 166 valence electrons. The second kappa shape index (κ2) is 8.45. The number of thioether (sulfide) groups is 1. The topological polar surface area (TPSA) is 34.9 Å². The van der Waals surface area contributed by atoms with E-state index in [9.17, 15) is 18.0 Å². The molecular formula is C22H22ClF3N2OS2. The fourth-order valence-electron chi connectivity index (χ4n) is 3.81. The van der Waals surface area contributed by atoms with Gasteiger partial charge in [0.15, 0.2) is 5.16 Å². The van der Waals surface area contributed by atoms with E-state index in [1.807, 2.05) is 13.8 Å². The molecule has 1 aromatic carbocycles. The van der Waals surface area contributed by atoms with Gasteiger partial charge in [-0.25, -0.2) is 4.98 Å². The smallest absolute Gasteiger partial charge is 0.268 e. The van der Waals surface area contributed by atoms with Gasteiger partial charge in [-0.1, -0.05) is 44.1 Å². The summed E-state index contributed by atoms with van der Waals surface area (Å²) in [5, 5.41) is 0.564. The third kappa shape index (κ3) is 4.39. The number of alkyl halides is 3. The van der Waals surface area contributed by atoms with E-state index in [4.69, 9.17) is 16.6 Å². The molecule has 0 bridgehead atoms. The number of aryl methyl sites for hydroxylation is 1. The zero-order valence-electron chi connectivity index (χ0n) is 17.3. The van der Waals surface area contributed by atoms with Crippen LogP contribution in [0.3, 0.4) is 0 Å². The normalized spacial score (nSPS) is 16.8. The molecule has 0 spiro atoms. The summed E-state index contributed by atoms with van der Waals surface area (Å²) < 4.78 is 41.7. The molecule has 0 N–H and O–H groups in total. The van der Waals surface area contributed by atoms with E-state index in [0.717, 1.165) is 30.9 Å². The second-order valence-corrected chi connectivity index (χ2v) is 10.9. The number of benzene rings is 1. The van der Waals surface area contributed by atoms with E-state index >= 15 is 0 Å². The number of aromatic nitrogens is 2. The Morgan fingerprint density at radius 1 is 1.35 bits per heavy atom. The Labute approximate surface area is 191 Å². The lowest BCUT2D eigenvalue weighted by atomic mass is 9.89. The molecule has 0 aliphatic heterocycles. The van der Waals surface area contributed by atoms with E-state index in [1.54, 1.807) is 11.3 Å². The molecule has 9 heteroatoms. The lowest BCUT2D eigenvalue weighted by Gasteiger charge is -2.18. The van der Waals surface area contributed by atoms with Gasteiger partial charge >= 0.3 is 6.18 Å². The summed E-state index contributed by atoms with van der Waals surface area (Å²) in [6.07, 6.45) is -1.93. The first kappa shape index (κ1) is 22.7. The highest BCUT2D eigenvalue weighted by atomic mass is 35.5. The SMILES string of the molecule is CC(C)CSc1nc2sc3c(c2c(=O)n1-c1ccc(Cl)c(C(F)(F)F)c1)CCC(C)C3. The molecule has 0 amide bonds. The minimum atomic E-state index is -4.61. The van der Waals surface area contributed by atoms with Crippen molar-refractivity contribution in [2.45, 2.75) is 51.4 Å². The van der Waals surface area contributed by atoms with Gasteiger partial charge in [0.25, 0.3) is 5.56 Å². The lowest BCUT2D eigenvalue weighted by molar-refractivity contribution is -0.137. The molecular weight excluding hydrogens is 465 g/mol. The van der Waals surface area contributed by atoms with Gasteiger partial charge in [0, 0.05) is 10.6 Å². The molecule has 2 heterocycles. The summed E-state index contributed by atoms with van der Waals surface area (Å²) >= 11 is 8.74. The standard InChI is InChI=1S/C22H22ClF3N2OS2/c1-11(2)10-30-21-27-19-18(14-6-4-12(3)8-17(14)31-19)20(29)28(21)13-5-7-16(23)15(9-13)22(24,25)26/h5,7,9,11-12H,4,6,8,10H2,1-3H3. The highest BCUT2D eigenvalue weighted by Gasteiger charge is 2.34. The van der Waals surface area contributed by atoms with Crippen molar-refractivity contribution in [3.63, 3.8) is 0 Å². The summed E-state index contributed by atoms with van der Waals surface area (Å²) in [7, 11) is 0. The van der Waals surface area contributed by atoms with Crippen molar-refractivity contribution in [1.82, 2.24) is 9.55 Å². The van der Waals surface area contributed by atoms with Crippen LogP contribution in [-0.2, 0) is 19.0 Å². The molecule has 0 saturated carbocycles. The van der Waals surface area contributed by atoms with Gasteiger partial charge in [-0.15, -0.1) is 11.3 Å². The van der Waals surface area contributed by atoms with Crippen molar-refractivity contribution in [2.75, 3.05) is 5.75 Å². The van der Waals surface area contributed by atoms with Crippen LogP contribution >= 0.6 is 34.7 Å². The van der Waals surface area contributed by atoms with Crippen LogP contribution in [0.5, 0.6) is 0 Å². The van der Waals surface area contributed by atoms with E-state index in [0.29, 0.717) is 33.0 Å². The molecule has 1 atom stereocenters. The lowest BCUT2D eigenvalue weighted by Crippen LogP contribution is -2.23. The molecule has 1 aliphatic rings. The number of fused-ring (bicyclic) bond motifs is 3. The molecule has 3 nitrogen and oxygen atoms in total. The number of nitrogens with zero attached hydrogens (tertiary/aromatic N) is 2. The number of hydrogen-bond acceptors (Lipinski definition) is 4. The van der Waals surface area contributed by atoms with Gasteiger partial charge in [-0.2, -0.15) is 13.2 Å². The number of rotatable bonds is 4. The summed E-state index contributed by atoms with van der Waals surface area (Å²) in [4.78, 5) is 20.3. The van der Waals surface area contributed by atoms with Crippen LogP contribution in [0, 0.1) is 11.8 Å². The van der Waals surface area contributed by atoms with Gasteiger partial charge < -0.3 is 0 Å². The van der Waals surface area contributed by atoms with Crippen molar-refractivity contribution >= 4 is 44.9 Å². The molecule has 4 rings (SSSR count). The van der Waals surface area contributed by atoms with Crippen LogP contribution in [0.1, 0.15) is 43.2 Å².